The van der Waals surface area contributed by atoms with Crippen molar-refractivity contribution in [2.24, 2.45) is 5.41 Å². The molecule has 1 atom stereocenters. The maximum absolute atomic E-state index is 14.9. The minimum absolute atomic E-state index is 0.308. The molecule has 0 radical (unpaired) electrons. The maximum Gasteiger partial charge on any atom is 0.405 e. The van der Waals surface area contributed by atoms with Crippen molar-refractivity contribution in [3.05, 3.63) is 53.3 Å². The zero-order valence-electron chi connectivity index (χ0n) is 15.3. The van der Waals surface area contributed by atoms with E-state index in [0.717, 1.165) is 28.9 Å². The number of hydrogen-bond acceptors (Lipinski definition) is 2. The van der Waals surface area contributed by atoms with Gasteiger partial charge >= 0.3 is 6.09 Å². The summed E-state index contributed by atoms with van der Waals surface area (Å²) < 4.78 is 20.5. The van der Waals surface area contributed by atoms with Crippen LogP contribution in [0.5, 0.6) is 5.75 Å². The first-order valence-electron chi connectivity index (χ1n) is 8.87. The normalized spacial score (nSPS) is 17.6. The summed E-state index contributed by atoms with van der Waals surface area (Å²) in [7, 11) is 0. The molecule has 2 aromatic carbocycles. The van der Waals surface area contributed by atoms with Gasteiger partial charge in [0.25, 0.3) is 0 Å². The van der Waals surface area contributed by atoms with Gasteiger partial charge < -0.3 is 15.2 Å². The van der Waals surface area contributed by atoms with E-state index >= 15 is 0 Å². The largest absolute Gasteiger partial charge is 0.494 e. The van der Waals surface area contributed by atoms with Crippen LogP contribution in [-0.4, -0.2) is 17.8 Å². The molecule has 0 saturated heterocycles. The molecule has 0 heterocycles. The quantitative estimate of drug-likeness (QED) is 0.776. The Morgan fingerprint density at radius 2 is 2.12 bits per heavy atom. The van der Waals surface area contributed by atoms with Crippen molar-refractivity contribution in [1.82, 2.24) is 5.32 Å². The van der Waals surface area contributed by atoms with Crippen LogP contribution in [0, 0.1) is 11.2 Å². The lowest BCUT2D eigenvalue weighted by Gasteiger charge is -2.27. The fourth-order valence-corrected chi connectivity index (χ4v) is 3.66. The van der Waals surface area contributed by atoms with Crippen molar-refractivity contribution in [1.29, 1.82) is 0 Å². The average molecular weight is 357 g/mol. The second kappa shape index (κ2) is 6.98. The molecule has 0 aromatic heterocycles. The van der Waals surface area contributed by atoms with Gasteiger partial charge in [-0.3, -0.25) is 0 Å². The maximum atomic E-state index is 14.9. The van der Waals surface area contributed by atoms with Gasteiger partial charge in [0, 0.05) is 5.56 Å². The van der Waals surface area contributed by atoms with Crippen LogP contribution in [0.15, 0.2) is 36.4 Å². The summed E-state index contributed by atoms with van der Waals surface area (Å²) in [6.07, 6.45) is 0.498. The number of carbonyl (C=O) groups is 1. The van der Waals surface area contributed by atoms with Gasteiger partial charge in [-0.05, 0) is 59.2 Å². The van der Waals surface area contributed by atoms with E-state index in [1.54, 1.807) is 0 Å². The molecule has 26 heavy (non-hydrogen) atoms. The van der Waals surface area contributed by atoms with E-state index in [2.05, 4.69) is 5.32 Å². The molecule has 4 nitrogen and oxygen atoms in total. The number of rotatable bonds is 5. The van der Waals surface area contributed by atoms with Gasteiger partial charge in [-0.15, -0.1) is 0 Å². The van der Waals surface area contributed by atoms with E-state index in [4.69, 9.17) is 9.84 Å². The number of nitrogens with one attached hydrogen (secondary N) is 1. The SMILES string of the molecule is CCCOc1cccc(-c2cc3c(cc2F)C(NC(=O)O)C(C)(C)C3)c1. The highest BCUT2D eigenvalue weighted by molar-refractivity contribution is 5.69. The minimum Gasteiger partial charge on any atom is -0.494 e. The van der Waals surface area contributed by atoms with Gasteiger partial charge in [0.1, 0.15) is 11.6 Å². The van der Waals surface area contributed by atoms with Crippen molar-refractivity contribution in [3.8, 4) is 16.9 Å². The highest BCUT2D eigenvalue weighted by Crippen LogP contribution is 2.46. The lowest BCUT2D eigenvalue weighted by atomic mass is 9.85. The third-order valence-corrected chi connectivity index (χ3v) is 4.85. The highest BCUT2D eigenvalue weighted by Gasteiger charge is 2.40. The first-order valence-corrected chi connectivity index (χ1v) is 8.87. The summed E-state index contributed by atoms with van der Waals surface area (Å²) in [5.41, 5.74) is 2.66. The number of halogens is 1. The summed E-state index contributed by atoms with van der Waals surface area (Å²) >= 11 is 0. The summed E-state index contributed by atoms with van der Waals surface area (Å²) in [6.45, 7) is 6.63. The molecule has 0 bridgehead atoms. The first kappa shape index (κ1) is 18.2. The number of fused-ring (bicyclic) bond motifs is 1. The van der Waals surface area contributed by atoms with Gasteiger partial charge in [0.05, 0.1) is 12.6 Å². The first-order chi connectivity index (χ1) is 12.3. The Kier molecular flexibility index (Phi) is 4.90. The lowest BCUT2D eigenvalue weighted by Crippen LogP contribution is -2.34. The number of benzene rings is 2. The van der Waals surface area contributed by atoms with Gasteiger partial charge in [-0.1, -0.05) is 32.9 Å². The third kappa shape index (κ3) is 3.52. The fraction of sp³-hybridized carbons (Fsp3) is 0.381. The summed E-state index contributed by atoms with van der Waals surface area (Å²) in [6, 6.07) is 10.3. The number of hydrogen-bond donors (Lipinski definition) is 2. The molecule has 138 valence electrons. The fourth-order valence-electron chi connectivity index (χ4n) is 3.66. The molecule has 5 heteroatoms. The molecule has 0 saturated carbocycles. The van der Waals surface area contributed by atoms with Crippen LogP contribution in [-0.2, 0) is 6.42 Å². The Balaban J connectivity index is 1.99. The Hall–Kier alpha value is -2.56. The van der Waals surface area contributed by atoms with Crippen LogP contribution in [0.3, 0.4) is 0 Å². The van der Waals surface area contributed by atoms with Gasteiger partial charge in [-0.25, -0.2) is 9.18 Å². The van der Waals surface area contributed by atoms with E-state index in [-0.39, 0.29) is 11.2 Å². The number of amides is 1. The van der Waals surface area contributed by atoms with E-state index in [0.29, 0.717) is 18.6 Å². The lowest BCUT2D eigenvalue weighted by molar-refractivity contribution is 0.175. The Morgan fingerprint density at radius 3 is 2.81 bits per heavy atom. The number of ether oxygens (including phenoxy) is 1. The monoisotopic (exact) mass is 357 g/mol. The molecule has 0 aliphatic heterocycles. The second-order valence-corrected chi connectivity index (χ2v) is 7.46. The smallest absolute Gasteiger partial charge is 0.405 e. The predicted octanol–water partition coefficient (Wildman–Crippen LogP) is 5.17. The van der Waals surface area contributed by atoms with E-state index in [1.807, 2.05) is 51.1 Å². The van der Waals surface area contributed by atoms with E-state index < -0.39 is 12.1 Å². The molecule has 1 amide bonds. The van der Waals surface area contributed by atoms with E-state index in [1.165, 1.54) is 6.07 Å². The topological polar surface area (TPSA) is 58.6 Å². The Bertz CT molecular complexity index is 832. The summed E-state index contributed by atoms with van der Waals surface area (Å²) in [5.74, 6) is 0.362. The van der Waals surface area contributed by atoms with Crippen molar-refractivity contribution in [3.63, 3.8) is 0 Å². The molecule has 3 rings (SSSR count). The average Bonchev–Trinajstić information content (AvgIpc) is 2.82. The standard InChI is InChI=1S/C21H24FNO3/c1-4-8-26-15-7-5-6-13(9-15)16-10-14-12-21(2,3)19(23-20(24)25)17(14)11-18(16)22/h5-7,9-11,19,23H,4,8,12H2,1-3H3,(H,24,25). The highest BCUT2D eigenvalue weighted by atomic mass is 19.1. The third-order valence-electron chi connectivity index (χ3n) is 4.85. The van der Waals surface area contributed by atoms with Gasteiger partial charge in [0.2, 0.25) is 0 Å². The van der Waals surface area contributed by atoms with Crippen LogP contribution in [0.2, 0.25) is 0 Å². The van der Waals surface area contributed by atoms with Crippen molar-refractivity contribution in [2.75, 3.05) is 6.61 Å². The molecule has 1 aliphatic rings. The van der Waals surface area contributed by atoms with Crippen molar-refractivity contribution >= 4 is 6.09 Å². The van der Waals surface area contributed by atoms with Crippen molar-refractivity contribution in [2.45, 2.75) is 39.7 Å². The summed E-state index contributed by atoms with van der Waals surface area (Å²) in [4.78, 5) is 11.1. The molecular weight excluding hydrogens is 333 g/mol. The molecule has 2 N–H and O–H groups in total. The molecule has 0 fully saturated rings. The summed E-state index contributed by atoms with van der Waals surface area (Å²) in [5, 5.41) is 11.7. The zero-order chi connectivity index (χ0) is 18.9. The molecule has 1 unspecified atom stereocenters. The van der Waals surface area contributed by atoms with Crippen LogP contribution < -0.4 is 10.1 Å². The number of carboxylic acid groups (broad SMARTS) is 1. The van der Waals surface area contributed by atoms with Crippen LogP contribution >= 0.6 is 0 Å². The van der Waals surface area contributed by atoms with Crippen LogP contribution in [0.1, 0.15) is 44.4 Å². The van der Waals surface area contributed by atoms with Crippen molar-refractivity contribution < 1.29 is 19.0 Å². The van der Waals surface area contributed by atoms with Crippen LogP contribution in [0.25, 0.3) is 11.1 Å². The Morgan fingerprint density at radius 1 is 1.35 bits per heavy atom. The zero-order valence-corrected chi connectivity index (χ0v) is 15.3. The molecule has 0 spiro atoms. The van der Waals surface area contributed by atoms with Gasteiger partial charge in [0.15, 0.2) is 0 Å². The van der Waals surface area contributed by atoms with Crippen LogP contribution in [0.4, 0.5) is 9.18 Å². The Labute approximate surface area is 153 Å². The molecule has 1 aliphatic carbocycles. The van der Waals surface area contributed by atoms with Gasteiger partial charge in [-0.2, -0.15) is 0 Å². The predicted molar refractivity (Wildman–Crippen MR) is 99.0 cm³/mol. The van der Waals surface area contributed by atoms with E-state index in [9.17, 15) is 9.18 Å². The second-order valence-electron chi connectivity index (χ2n) is 7.46. The molecular formula is C21H24FNO3. The molecule has 2 aromatic rings. The minimum atomic E-state index is -1.10.